The maximum Gasteiger partial charge on any atom is 0.244 e. The number of nitrogens with one attached hydrogen (secondary N) is 1. The highest BCUT2D eigenvalue weighted by Gasteiger charge is 2.18. The average Bonchev–Trinajstić information content (AvgIpc) is 2.83. The zero-order valence-electron chi connectivity index (χ0n) is 13.3. The van der Waals surface area contributed by atoms with Crippen LogP contribution in [0.2, 0.25) is 0 Å². The molecule has 1 aliphatic rings. The SMILES string of the molecule is C=C/C(C)=C\C(C)=C/C(=O)NCCCCN1CCC(O)C1. The number of hydrogen-bond acceptors (Lipinski definition) is 3. The van der Waals surface area contributed by atoms with E-state index in [1.165, 1.54) is 0 Å². The van der Waals surface area contributed by atoms with Crippen LogP contribution in [-0.2, 0) is 4.79 Å². The van der Waals surface area contributed by atoms with Gasteiger partial charge in [0.15, 0.2) is 0 Å². The molecule has 0 aromatic carbocycles. The molecule has 1 aliphatic heterocycles. The molecule has 0 saturated carbocycles. The molecule has 4 nitrogen and oxygen atoms in total. The average molecular weight is 292 g/mol. The molecule has 1 amide bonds. The summed E-state index contributed by atoms with van der Waals surface area (Å²) in [6.45, 7) is 11.0. The van der Waals surface area contributed by atoms with Crippen LogP contribution in [0.4, 0.5) is 0 Å². The molecule has 1 fully saturated rings. The highest BCUT2D eigenvalue weighted by molar-refractivity contribution is 5.88. The summed E-state index contributed by atoms with van der Waals surface area (Å²) in [5.74, 6) is -0.0443. The zero-order valence-corrected chi connectivity index (χ0v) is 13.3. The molecule has 0 radical (unpaired) electrons. The molecule has 1 rings (SSSR count). The summed E-state index contributed by atoms with van der Waals surface area (Å²) in [4.78, 5) is 14.0. The Morgan fingerprint density at radius 2 is 2.10 bits per heavy atom. The van der Waals surface area contributed by atoms with Crippen LogP contribution in [0.25, 0.3) is 0 Å². The van der Waals surface area contributed by atoms with Crippen molar-refractivity contribution < 1.29 is 9.90 Å². The summed E-state index contributed by atoms with van der Waals surface area (Å²) in [6.07, 6.45) is 8.07. The van der Waals surface area contributed by atoms with E-state index in [9.17, 15) is 9.90 Å². The second kappa shape index (κ2) is 9.53. The Kier molecular flexibility index (Phi) is 8.01. The number of hydrogen-bond donors (Lipinski definition) is 2. The summed E-state index contributed by atoms with van der Waals surface area (Å²) in [5.41, 5.74) is 1.97. The predicted molar refractivity (Wildman–Crippen MR) is 87.0 cm³/mol. The Bertz CT molecular complexity index is 413. The first-order valence-electron chi connectivity index (χ1n) is 7.68. The van der Waals surface area contributed by atoms with E-state index in [2.05, 4.69) is 16.8 Å². The van der Waals surface area contributed by atoms with Crippen molar-refractivity contribution in [1.82, 2.24) is 10.2 Å². The first-order chi connectivity index (χ1) is 10.0. The Balaban J connectivity index is 2.13. The predicted octanol–water partition coefficient (Wildman–Crippen LogP) is 2.03. The standard InChI is InChI=1S/C17H28N2O2/c1-4-14(2)11-15(3)12-17(21)18-8-5-6-9-19-10-7-16(20)13-19/h4,11-12,16,20H,1,5-10,13H2,2-3H3,(H,18,21)/b14-11-,15-12-. The lowest BCUT2D eigenvalue weighted by Gasteiger charge is -2.14. The van der Waals surface area contributed by atoms with E-state index >= 15 is 0 Å². The van der Waals surface area contributed by atoms with Gasteiger partial charge in [-0.15, -0.1) is 0 Å². The summed E-state index contributed by atoms with van der Waals surface area (Å²) in [7, 11) is 0. The van der Waals surface area contributed by atoms with Gasteiger partial charge >= 0.3 is 0 Å². The van der Waals surface area contributed by atoms with Crippen LogP contribution >= 0.6 is 0 Å². The first kappa shape index (κ1) is 17.7. The number of aliphatic hydroxyl groups is 1. The van der Waals surface area contributed by atoms with E-state index in [-0.39, 0.29) is 12.0 Å². The number of amides is 1. The Labute approximate surface area is 128 Å². The third-order valence-corrected chi connectivity index (χ3v) is 3.58. The van der Waals surface area contributed by atoms with Crippen molar-refractivity contribution >= 4 is 5.91 Å². The second-order valence-corrected chi connectivity index (χ2v) is 5.72. The molecule has 1 atom stereocenters. The number of carbonyl (C=O) groups is 1. The van der Waals surface area contributed by atoms with Crippen LogP contribution in [-0.4, -0.2) is 48.2 Å². The fourth-order valence-corrected chi connectivity index (χ4v) is 2.40. The third kappa shape index (κ3) is 7.83. The van der Waals surface area contributed by atoms with Crippen LogP contribution in [0.5, 0.6) is 0 Å². The van der Waals surface area contributed by atoms with E-state index in [1.54, 1.807) is 12.2 Å². The summed E-state index contributed by atoms with van der Waals surface area (Å²) in [5, 5.41) is 12.3. The number of nitrogens with zero attached hydrogens (tertiary/aromatic N) is 1. The summed E-state index contributed by atoms with van der Waals surface area (Å²) in [6, 6.07) is 0. The van der Waals surface area contributed by atoms with Crippen LogP contribution in [0.15, 0.2) is 36.0 Å². The highest BCUT2D eigenvalue weighted by Crippen LogP contribution is 2.09. The van der Waals surface area contributed by atoms with Crippen molar-refractivity contribution in [1.29, 1.82) is 0 Å². The normalized spacial score (nSPS) is 20.6. The fraction of sp³-hybridized carbons (Fsp3) is 0.588. The quantitative estimate of drug-likeness (QED) is 0.409. The topological polar surface area (TPSA) is 52.6 Å². The number of unbranched alkanes of at least 4 members (excludes halogenated alkanes) is 1. The van der Waals surface area contributed by atoms with Gasteiger partial charge in [0, 0.05) is 25.7 Å². The monoisotopic (exact) mass is 292 g/mol. The van der Waals surface area contributed by atoms with Gasteiger partial charge in [-0.3, -0.25) is 4.79 Å². The van der Waals surface area contributed by atoms with E-state index in [1.807, 2.05) is 19.9 Å². The third-order valence-electron chi connectivity index (χ3n) is 3.58. The molecular weight excluding hydrogens is 264 g/mol. The molecule has 0 spiro atoms. The van der Waals surface area contributed by atoms with Gasteiger partial charge in [0.25, 0.3) is 0 Å². The van der Waals surface area contributed by atoms with E-state index in [0.29, 0.717) is 6.54 Å². The number of likely N-dealkylation sites (tertiary alicyclic amines) is 1. The maximum absolute atomic E-state index is 11.7. The smallest absolute Gasteiger partial charge is 0.244 e. The molecule has 21 heavy (non-hydrogen) atoms. The molecule has 2 N–H and O–H groups in total. The van der Waals surface area contributed by atoms with Gasteiger partial charge in [-0.2, -0.15) is 0 Å². The van der Waals surface area contributed by atoms with Gasteiger partial charge < -0.3 is 15.3 Å². The Morgan fingerprint density at radius 1 is 1.33 bits per heavy atom. The molecule has 0 aliphatic carbocycles. The lowest BCUT2D eigenvalue weighted by Crippen LogP contribution is -2.26. The number of carbonyl (C=O) groups excluding carboxylic acids is 1. The van der Waals surface area contributed by atoms with Crippen molar-refractivity contribution in [3.05, 3.63) is 36.0 Å². The summed E-state index contributed by atoms with van der Waals surface area (Å²) >= 11 is 0. The van der Waals surface area contributed by atoms with Crippen molar-refractivity contribution in [3.8, 4) is 0 Å². The largest absolute Gasteiger partial charge is 0.392 e. The molecule has 1 heterocycles. The van der Waals surface area contributed by atoms with Crippen molar-refractivity contribution in [3.63, 3.8) is 0 Å². The van der Waals surface area contributed by atoms with E-state index in [4.69, 9.17) is 0 Å². The molecule has 0 aromatic rings. The number of aliphatic hydroxyl groups excluding tert-OH is 1. The van der Waals surface area contributed by atoms with Gasteiger partial charge in [0.2, 0.25) is 5.91 Å². The second-order valence-electron chi connectivity index (χ2n) is 5.72. The van der Waals surface area contributed by atoms with Gasteiger partial charge in [0.1, 0.15) is 0 Å². The van der Waals surface area contributed by atoms with Gasteiger partial charge in [-0.25, -0.2) is 0 Å². The van der Waals surface area contributed by atoms with Gasteiger partial charge in [-0.05, 0) is 45.2 Å². The molecule has 118 valence electrons. The highest BCUT2D eigenvalue weighted by atomic mass is 16.3. The van der Waals surface area contributed by atoms with Gasteiger partial charge in [-0.1, -0.05) is 24.3 Å². The first-order valence-corrected chi connectivity index (χ1v) is 7.68. The van der Waals surface area contributed by atoms with Crippen LogP contribution < -0.4 is 5.32 Å². The number of allylic oxidation sites excluding steroid dienone is 4. The van der Waals surface area contributed by atoms with Crippen molar-refractivity contribution in [2.24, 2.45) is 0 Å². The van der Waals surface area contributed by atoms with Crippen LogP contribution in [0, 0.1) is 0 Å². The maximum atomic E-state index is 11.7. The van der Waals surface area contributed by atoms with Crippen LogP contribution in [0.3, 0.4) is 0 Å². The molecule has 0 bridgehead atoms. The summed E-state index contributed by atoms with van der Waals surface area (Å²) < 4.78 is 0. The van der Waals surface area contributed by atoms with E-state index < -0.39 is 0 Å². The van der Waals surface area contributed by atoms with E-state index in [0.717, 1.165) is 50.0 Å². The lowest BCUT2D eigenvalue weighted by molar-refractivity contribution is -0.116. The molecule has 1 saturated heterocycles. The van der Waals surface area contributed by atoms with Crippen LogP contribution in [0.1, 0.15) is 33.1 Å². The minimum absolute atomic E-state index is 0.0443. The Hall–Kier alpha value is -1.39. The molecule has 4 heteroatoms. The number of rotatable bonds is 8. The molecule has 1 unspecified atom stereocenters. The fourth-order valence-electron chi connectivity index (χ4n) is 2.40. The number of β-amino-alcohol motifs (C(OH)–C–C–N with tert-alkyl or cyclic N) is 1. The zero-order chi connectivity index (χ0) is 15.7. The Morgan fingerprint density at radius 3 is 2.71 bits per heavy atom. The van der Waals surface area contributed by atoms with Crippen molar-refractivity contribution in [2.45, 2.75) is 39.2 Å². The van der Waals surface area contributed by atoms with Crippen molar-refractivity contribution in [2.75, 3.05) is 26.2 Å². The minimum atomic E-state index is -0.148. The molecule has 0 aromatic heterocycles. The lowest BCUT2D eigenvalue weighted by atomic mass is 10.2. The minimum Gasteiger partial charge on any atom is -0.392 e. The molecular formula is C17H28N2O2. The van der Waals surface area contributed by atoms with Gasteiger partial charge in [0.05, 0.1) is 6.10 Å².